The van der Waals surface area contributed by atoms with Crippen molar-refractivity contribution >= 4 is 84.8 Å². The van der Waals surface area contributed by atoms with Gasteiger partial charge in [0.1, 0.15) is 41.7 Å². The van der Waals surface area contributed by atoms with Gasteiger partial charge in [-0.3, -0.25) is 9.80 Å². The van der Waals surface area contributed by atoms with E-state index in [-0.39, 0.29) is 36.9 Å². The third-order valence-electron chi connectivity index (χ3n) is 13.6. The van der Waals surface area contributed by atoms with E-state index in [0.29, 0.717) is 55.5 Å². The van der Waals surface area contributed by atoms with Crippen LogP contribution in [-0.2, 0) is 22.7 Å². The first kappa shape index (κ1) is 56.3. The van der Waals surface area contributed by atoms with Crippen LogP contribution in [-0.4, -0.2) is 71.6 Å². The van der Waals surface area contributed by atoms with E-state index in [1.807, 2.05) is 175 Å². The topological polar surface area (TPSA) is 130 Å². The maximum absolute atomic E-state index is 12.9. The molecule has 0 spiro atoms. The third kappa shape index (κ3) is 12.6. The first-order chi connectivity index (χ1) is 36.5. The van der Waals surface area contributed by atoms with Crippen LogP contribution >= 0.6 is 23.2 Å². The number of ether oxygens (including phenoxy) is 4. The Morgan fingerprint density at radius 3 is 1.36 bits per heavy atom. The van der Waals surface area contributed by atoms with E-state index in [1.165, 1.54) is 5.56 Å². The Balaban J connectivity index is 0.000000159. The Hall–Kier alpha value is -6.89. The summed E-state index contributed by atoms with van der Waals surface area (Å²) in [4.78, 5) is 29.1. The number of carbonyl (C=O) groups is 2. The highest BCUT2D eigenvalue weighted by Crippen LogP contribution is 2.48. The van der Waals surface area contributed by atoms with Crippen molar-refractivity contribution in [1.82, 2.24) is 0 Å². The van der Waals surface area contributed by atoms with Gasteiger partial charge in [0, 0.05) is 89.2 Å². The number of phenolic OH excluding ortho intramolecular Hbond substituents is 1. The van der Waals surface area contributed by atoms with Gasteiger partial charge in [0.05, 0.1) is 18.0 Å². The van der Waals surface area contributed by atoms with Crippen LogP contribution in [0.1, 0.15) is 87.1 Å². The van der Waals surface area contributed by atoms with Crippen molar-refractivity contribution in [3.63, 3.8) is 0 Å². The second-order valence-electron chi connectivity index (χ2n) is 21.3. The number of alkyl halides is 2. The predicted molar refractivity (Wildman–Crippen MR) is 307 cm³/mol. The summed E-state index contributed by atoms with van der Waals surface area (Å²) in [5.74, 6) is 3.04. The molecule has 77 heavy (non-hydrogen) atoms. The van der Waals surface area contributed by atoms with E-state index in [4.69, 9.17) is 42.1 Å². The van der Waals surface area contributed by atoms with E-state index in [2.05, 4.69) is 17.4 Å². The lowest BCUT2D eigenvalue weighted by Gasteiger charge is -2.25. The molecule has 11 rings (SSSR count). The first-order valence-electron chi connectivity index (χ1n) is 25.7. The normalized spacial score (nSPS) is 16.2. The fourth-order valence-electron chi connectivity index (χ4n) is 10.2. The fourth-order valence-corrected chi connectivity index (χ4v) is 10.7. The number of hydrogen-bond donors (Lipinski definition) is 3. The molecule has 0 fully saturated rings. The fraction of sp³-hybridized carbons (Fsp3) is 0.302. The van der Waals surface area contributed by atoms with Gasteiger partial charge in [-0.15, -0.1) is 23.2 Å². The van der Waals surface area contributed by atoms with Crippen LogP contribution in [0.4, 0.5) is 26.7 Å². The van der Waals surface area contributed by atoms with Crippen LogP contribution in [0, 0.1) is 0 Å². The minimum absolute atomic E-state index is 0. The average molecular weight is 1100 g/mol. The second kappa shape index (κ2) is 24.2. The minimum Gasteiger partial charge on any atom is -1.00 e. The maximum atomic E-state index is 12.9. The van der Waals surface area contributed by atoms with Gasteiger partial charge in [0.25, 0.3) is 0 Å². The van der Waals surface area contributed by atoms with Crippen LogP contribution in [0.3, 0.4) is 0 Å². The van der Waals surface area contributed by atoms with Crippen LogP contribution in [0.5, 0.6) is 17.2 Å². The Kier molecular flexibility index (Phi) is 17.7. The Bertz CT molecular complexity index is 3190. The van der Waals surface area contributed by atoms with Crippen LogP contribution in [0.25, 0.3) is 32.3 Å². The van der Waals surface area contributed by atoms with Crippen LogP contribution < -0.4 is 37.0 Å². The summed E-state index contributed by atoms with van der Waals surface area (Å²) in [5.41, 5.74) is 6.85. The zero-order valence-corrected chi connectivity index (χ0v) is 46.5. The quantitative estimate of drug-likeness (QED) is 0.121. The van der Waals surface area contributed by atoms with Gasteiger partial charge in [-0.2, -0.15) is 0 Å². The molecule has 0 aliphatic carbocycles. The van der Waals surface area contributed by atoms with Gasteiger partial charge >= 0.3 is 12.2 Å². The number of carbonyl (C=O) groups excluding carboxylic acids is 2. The standard InChI is InChI=1S/C25H26ClNO3.C25H27NO4.C13H12ClNO.ClH/c1-25(2,3)30-24(28)27-15-18(14-26)23-20-12-8-7-11-19(20)22(13-21(23)27)29-16-17-9-5-4-6-10-17;1-25(2,3)30-24(28)26-14-18(15-27)23-20-12-8-7-11-19(20)22(13-21(23)26)29-16-17-9-5-4-6-10-17;14-6-8-7-15-11-5-12(16)9-3-1-2-4-10(9)13(8)11;/h4-13,18H,14-16H2,1-3H3;4-13,18,27H,14-16H2,1-3H3;1-5,8,15-16H,6-7H2;1H/p-1/t2*18-;8-;/m101./s1. The first-order valence-corrected chi connectivity index (χ1v) is 26.8. The molecule has 3 aliphatic rings. The highest BCUT2D eigenvalue weighted by Gasteiger charge is 2.38. The number of aliphatic hydroxyl groups excluding tert-OH is 1. The number of halogens is 3. The SMILES string of the molecule is CC(C)(C)OC(=O)N1C[C@@H](CCl)c2c1cc(OCc1ccccc1)c1ccccc21.CC(C)(C)OC(=O)N1C[C@@H](CO)c2c1cc(OCc1ccccc1)c1ccccc21.Oc1cc2c(c3ccccc13)[C@H](CCl)CN2.[Cl-]. The molecule has 0 bridgehead atoms. The number of nitrogens with one attached hydrogen (secondary N) is 1. The molecule has 0 saturated heterocycles. The van der Waals surface area contributed by atoms with Crippen molar-refractivity contribution in [2.24, 2.45) is 0 Å². The molecule has 0 radical (unpaired) electrons. The second-order valence-corrected chi connectivity index (χ2v) is 21.9. The number of nitrogens with zero attached hydrogens (tertiary/aromatic N) is 2. The zero-order chi connectivity index (χ0) is 53.7. The molecular formula is C63H65Cl3N3O8-. The number of aliphatic hydroxyl groups is 1. The van der Waals surface area contributed by atoms with Gasteiger partial charge in [-0.25, -0.2) is 9.59 Å². The Morgan fingerprint density at radius 1 is 0.545 bits per heavy atom. The molecule has 8 aromatic carbocycles. The van der Waals surface area contributed by atoms with E-state index in [9.17, 15) is 19.8 Å². The summed E-state index contributed by atoms with van der Waals surface area (Å²) in [7, 11) is 0. The molecule has 8 aromatic rings. The number of amides is 2. The molecule has 3 N–H and O–H groups in total. The van der Waals surface area contributed by atoms with Gasteiger partial charge in [0.15, 0.2) is 0 Å². The highest BCUT2D eigenvalue weighted by atomic mass is 35.5. The molecule has 3 aliphatic heterocycles. The van der Waals surface area contributed by atoms with E-state index >= 15 is 0 Å². The lowest BCUT2D eigenvalue weighted by Crippen LogP contribution is -3.00. The molecule has 14 heteroatoms. The van der Waals surface area contributed by atoms with Gasteiger partial charge < -0.3 is 46.9 Å². The molecule has 402 valence electrons. The van der Waals surface area contributed by atoms with Crippen molar-refractivity contribution in [3.05, 3.63) is 179 Å². The number of phenols is 1. The number of anilines is 3. The number of fused-ring (bicyclic) bond motifs is 9. The van der Waals surface area contributed by atoms with Gasteiger partial charge in [-0.1, -0.05) is 133 Å². The Labute approximate surface area is 467 Å². The van der Waals surface area contributed by atoms with Crippen molar-refractivity contribution in [2.45, 2.75) is 83.7 Å². The van der Waals surface area contributed by atoms with E-state index < -0.39 is 17.3 Å². The monoisotopic (exact) mass is 1100 g/mol. The molecule has 2 amide bonds. The highest BCUT2D eigenvalue weighted by molar-refractivity contribution is 6.19. The molecule has 3 heterocycles. The van der Waals surface area contributed by atoms with Crippen molar-refractivity contribution in [2.75, 3.05) is 53.1 Å². The average Bonchev–Trinajstić information content (AvgIpc) is 4.28. The summed E-state index contributed by atoms with van der Waals surface area (Å²) < 4.78 is 23.7. The van der Waals surface area contributed by atoms with E-state index in [1.54, 1.807) is 15.9 Å². The van der Waals surface area contributed by atoms with E-state index in [0.717, 1.165) is 83.9 Å². The minimum atomic E-state index is -0.599. The zero-order valence-electron chi connectivity index (χ0n) is 44.2. The van der Waals surface area contributed by atoms with Gasteiger partial charge in [0.2, 0.25) is 0 Å². The Morgan fingerprint density at radius 2 is 0.935 bits per heavy atom. The van der Waals surface area contributed by atoms with Crippen molar-refractivity contribution < 1.29 is 51.2 Å². The molecular weight excluding hydrogens is 1030 g/mol. The molecule has 0 saturated carbocycles. The number of hydrogen-bond acceptors (Lipinski definition) is 9. The van der Waals surface area contributed by atoms with Crippen LogP contribution in [0.2, 0.25) is 0 Å². The molecule has 0 aromatic heterocycles. The largest absolute Gasteiger partial charge is 1.00 e. The van der Waals surface area contributed by atoms with Crippen molar-refractivity contribution in [3.8, 4) is 17.2 Å². The molecule has 3 atom stereocenters. The summed E-state index contributed by atoms with van der Waals surface area (Å²) in [6.07, 6.45) is -0.773. The summed E-state index contributed by atoms with van der Waals surface area (Å²) in [6.45, 7) is 13.7. The maximum Gasteiger partial charge on any atom is 0.414 e. The number of aromatic hydroxyl groups is 1. The third-order valence-corrected chi connectivity index (χ3v) is 14.3. The number of benzene rings is 8. The summed E-state index contributed by atoms with van der Waals surface area (Å²) >= 11 is 12.3. The number of rotatable bonds is 9. The lowest BCUT2D eigenvalue weighted by atomic mass is 9.95. The van der Waals surface area contributed by atoms with Crippen molar-refractivity contribution in [1.29, 1.82) is 0 Å². The summed E-state index contributed by atoms with van der Waals surface area (Å²) in [6, 6.07) is 49.7. The molecule has 0 unspecified atom stereocenters. The predicted octanol–water partition coefficient (Wildman–Crippen LogP) is 12.0. The van der Waals surface area contributed by atoms with Gasteiger partial charge in [-0.05, 0) is 85.5 Å². The smallest absolute Gasteiger partial charge is 0.414 e. The van der Waals surface area contributed by atoms with Crippen LogP contribution in [0.15, 0.2) is 152 Å². The summed E-state index contributed by atoms with van der Waals surface area (Å²) in [5, 5.41) is 29.3. The molecule has 11 nitrogen and oxygen atoms in total. The lowest BCUT2D eigenvalue weighted by molar-refractivity contribution is -0.0000538.